The van der Waals surface area contributed by atoms with Crippen LogP contribution in [0.25, 0.3) is 5.69 Å². The Morgan fingerprint density at radius 3 is 2.45 bits per heavy atom. The van der Waals surface area contributed by atoms with Crippen molar-refractivity contribution in [1.29, 1.82) is 0 Å². The molecule has 1 amide bonds. The fourth-order valence-electron chi connectivity index (χ4n) is 2.88. The zero-order chi connectivity index (χ0) is 22.4. The molecule has 0 N–H and O–H groups in total. The van der Waals surface area contributed by atoms with Crippen LogP contribution in [0.3, 0.4) is 0 Å². The molecule has 0 saturated carbocycles. The molecular weight excluding hydrogens is 416 g/mol. The van der Waals surface area contributed by atoms with E-state index in [1.165, 1.54) is 11.8 Å². The Morgan fingerprint density at radius 2 is 1.81 bits per heavy atom. The molecular formula is C21H26N6O3S. The number of benzene rings is 2. The number of anilines is 1. The maximum absolute atomic E-state index is 12.7. The Bertz CT molecular complexity index is 1020. The first-order chi connectivity index (χ1) is 14.9. The average Bonchev–Trinajstić information content (AvgIpc) is 3.25. The molecule has 0 spiro atoms. The number of rotatable bonds is 9. The predicted molar refractivity (Wildman–Crippen MR) is 120 cm³/mol. The zero-order valence-corrected chi connectivity index (χ0v) is 19.1. The lowest BCUT2D eigenvalue weighted by Crippen LogP contribution is -2.28. The van der Waals surface area contributed by atoms with Gasteiger partial charge in [0.25, 0.3) is 0 Å². The summed E-state index contributed by atoms with van der Waals surface area (Å²) < 4.78 is 12.2. The van der Waals surface area contributed by atoms with E-state index in [4.69, 9.17) is 9.47 Å². The number of aromatic nitrogens is 4. The number of ether oxygens (including phenoxy) is 2. The molecule has 0 saturated heterocycles. The average molecular weight is 443 g/mol. The molecule has 1 aromatic heterocycles. The zero-order valence-electron chi connectivity index (χ0n) is 18.3. The van der Waals surface area contributed by atoms with Gasteiger partial charge in [-0.25, -0.2) is 0 Å². The molecule has 2 aromatic carbocycles. The number of thioether (sulfide) groups is 1. The van der Waals surface area contributed by atoms with Crippen LogP contribution < -0.4 is 14.4 Å². The maximum atomic E-state index is 12.7. The normalized spacial score (nSPS) is 10.6. The molecule has 31 heavy (non-hydrogen) atoms. The maximum Gasteiger partial charge on any atom is 0.233 e. The van der Waals surface area contributed by atoms with Crippen LogP contribution in [0.5, 0.6) is 11.5 Å². The molecule has 0 aliphatic rings. The Kier molecular flexibility index (Phi) is 7.35. The summed E-state index contributed by atoms with van der Waals surface area (Å²) in [4.78, 5) is 16.4. The van der Waals surface area contributed by atoms with E-state index < -0.39 is 0 Å². The Morgan fingerprint density at radius 1 is 1.06 bits per heavy atom. The van der Waals surface area contributed by atoms with Crippen molar-refractivity contribution in [3.63, 3.8) is 0 Å². The third kappa shape index (κ3) is 5.46. The van der Waals surface area contributed by atoms with Crippen molar-refractivity contribution in [2.75, 3.05) is 46.0 Å². The summed E-state index contributed by atoms with van der Waals surface area (Å²) in [6, 6.07) is 13.5. The summed E-state index contributed by atoms with van der Waals surface area (Å²) in [6.45, 7) is 0.530. The van der Waals surface area contributed by atoms with Crippen LogP contribution in [-0.4, -0.2) is 72.1 Å². The van der Waals surface area contributed by atoms with E-state index in [2.05, 4.69) is 15.5 Å². The van der Waals surface area contributed by atoms with Gasteiger partial charge in [-0.05, 0) is 40.3 Å². The second kappa shape index (κ2) is 10.2. The molecule has 3 rings (SSSR count). The lowest BCUT2D eigenvalue weighted by molar-refractivity contribution is -0.127. The van der Waals surface area contributed by atoms with Crippen LogP contribution in [0.4, 0.5) is 5.69 Å². The highest BCUT2D eigenvalue weighted by molar-refractivity contribution is 7.99. The summed E-state index contributed by atoms with van der Waals surface area (Å²) in [5.74, 6) is 1.44. The van der Waals surface area contributed by atoms with E-state index in [9.17, 15) is 4.79 Å². The number of hydrogen-bond donors (Lipinski definition) is 0. The van der Waals surface area contributed by atoms with E-state index in [0.29, 0.717) is 28.9 Å². The minimum atomic E-state index is -0.0196. The highest BCUT2D eigenvalue weighted by Crippen LogP contribution is 2.29. The summed E-state index contributed by atoms with van der Waals surface area (Å²) >= 11 is 1.27. The highest BCUT2D eigenvalue weighted by Gasteiger charge is 2.17. The van der Waals surface area contributed by atoms with E-state index in [1.54, 1.807) is 49.0 Å². The predicted octanol–water partition coefficient (Wildman–Crippen LogP) is 2.50. The molecule has 0 aliphatic carbocycles. The van der Waals surface area contributed by atoms with Gasteiger partial charge in [-0.2, -0.15) is 4.68 Å². The molecule has 0 atom stereocenters. The van der Waals surface area contributed by atoms with Gasteiger partial charge in [0.15, 0.2) is 0 Å². The van der Waals surface area contributed by atoms with Crippen molar-refractivity contribution in [2.45, 2.75) is 11.7 Å². The molecule has 3 aromatic rings. The van der Waals surface area contributed by atoms with Gasteiger partial charge in [0.1, 0.15) is 17.2 Å². The van der Waals surface area contributed by atoms with Gasteiger partial charge in [-0.1, -0.05) is 23.9 Å². The molecule has 0 radical (unpaired) electrons. The lowest BCUT2D eigenvalue weighted by Gasteiger charge is -2.18. The molecule has 9 nitrogen and oxygen atoms in total. The summed E-state index contributed by atoms with van der Waals surface area (Å²) in [5, 5.41) is 12.4. The molecule has 10 heteroatoms. The second-order valence-electron chi connectivity index (χ2n) is 7.01. The van der Waals surface area contributed by atoms with E-state index >= 15 is 0 Å². The van der Waals surface area contributed by atoms with Crippen molar-refractivity contribution < 1.29 is 14.3 Å². The Labute approximate surface area is 185 Å². The van der Waals surface area contributed by atoms with Crippen LogP contribution in [0, 0.1) is 0 Å². The molecule has 164 valence electrons. The minimum absolute atomic E-state index is 0.0196. The number of nitrogens with zero attached hydrogens (tertiary/aromatic N) is 6. The minimum Gasteiger partial charge on any atom is -0.497 e. The van der Waals surface area contributed by atoms with Crippen molar-refractivity contribution >= 4 is 23.4 Å². The fraction of sp³-hybridized carbons (Fsp3) is 0.333. The molecule has 0 aliphatic heterocycles. The van der Waals surface area contributed by atoms with Gasteiger partial charge < -0.3 is 19.3 Å². The number of tetrazole rings is 1. The van der Waals surface area contributed by atoms with Gasteiger partial charge in [-0.3, -0.25) is 4.79 Å². The number of carbonyl (C=O) groups excluding carboxylic acids is 1. The summed E-state index contributed by atoms with van der Waals surface area (Å²) in [6.07, 6.45) is 0. The van der Waals surface area contributed by atoms with Gasteiger partial charge in [0.05, 0.1) is 20.0 Å². The van der Waals surface area contributed by atoms with Crippen molar-refractivity contribution in [3.05, 3.63) is 48.0 Å². The number of amides is 1. The standard InChI is InChI=1S/C21H26N6O3S/c1-25(2)16-8-6-15(7-9-16)13-26(3)20(28)14-31-21-22-23-24-27(21)18-12-17(29-4)10-11-19(18)30-5/h6-12H,13-14H2,1-5H3. The van der Waals surface area contributed by atoms with Gasteiger partial charge in [0, 0.05) is 39.4 Å². The molecule has 1 heterocycles. The fourth-order valence-corrected chi connectivity index (χ4v) is 3.70. The van der Waals surface area contributed by atoms with Crippen LogP contribution in [0.15, 0.2) is 47.6 Å². The third-order valence-corrected chi connectivity index (χ3v) is 5.58. The number of carbonyl (C=O) groups is 1. The molecule has 0 fully saturated rings. The van der Waals surface area contributed by atoms with Crippen LogP contribution in [0.1, 0.15) is 5.56 Å². The number of methoxy groups -OCH3 is 2. The van der Waals surface area contributed by atoms with Crippen LogP contribution in [0.2, 0.25) is 0 Å². The third-order valence-electron chi connectivity index (χ3n) is 4.68. The van der Waals surface area contributed by atoms with Gasteiger partial charge >= 0.3 is 0 Å². The van der Waals surface area contributed by atoms with Crippen molar-refractivity contribution in [3.8, 4) is 17.2 Å². The highest BCUT2D eigenvalue weighted by atomic mass is 32.2. The first kappa shape index (κ1) is 22.4. The summed E-state index contributed by atoms with van der Waals surface area (Å²) in [5.41, 5.74) is 2.82. The number of hydrogen-bond acceptors (Lipinski definition) is 8. The smallest absolute Gasteiger partial charge is 0.233 e. The van der Waals surface area contributed by atoms with Crippen molar-refractivity contribution in [1.82, 2.24) is 25.1 Å². The quantitative estimate of drug-likeness (QED) is 0.467. The van der Waals surface area contributed by atoms with E-state index in [-0.39, 0.29) is 11.7 Å². The first-order valence-electron chi connectivity index (χ1n) is 9.56. The summed E-state index contributed by atoms with van der Waals surface area (Å²) in [7, 11) is 8.94. The van der Waals surface area contributed by atoms with Crippen LogP contribution in [-0.2, 0) is 11.3 Å². The van der Waals surface area contributed by atoms with Gasteiger partial charge in [-0.15, -0.1) is 5.10 Å². The SMILES string of the molecule is COc1ccc(OC)c(-n2nnnc2SCC(=O)N(C)Cc2ccc(N(C)C)cc2)c1. The second-order valence-corrected chi connectivity index (χ2v) is 7.95. The van der Waals surface area contributed by atoms with E-state index in [1.807, 2.05) is 43.3 Å². The Balaban J connectivity index is 1.66. The van der Waals surface area contributed by atoms with E-state index in [0.717, 1.165) is 11.3 Å². The van der Waals surface area contributed by atoms with Crippen molar-refractivity contribution in [2.24, 2.45) is 0 Å². The molecule has 0 unspecified atom stereocenters. The lowest BCUT2D eigenvalue weighted by atomic mass is 10.2. The van der Waals surface area contributed by atoms with Gasteiger partial charge in [0.2, 0.25) is 11.1 Å². The molecule has 0 bridgehead atoms. The Hall–Kier alpha value is -3.27. The first-order valence-corrected chi connectivity index (χ1v) is 10.5. The largest absolute Gasteiger partial charge is 0.497 e. The topological polar surface area (TPSA) is 85.6 Å². The van der Waals surface area contributed by atoms with Crippen LogP contribution >= 0.6 is 11.8 Å². The monoisotopic (exact) mass is 442 g/mol.